The van der Waals surface area contributed by atoms with Crippen LogP contribution in [0.2, 0.25) is 0 Å². The molecule has 0 bridgehead atoms. The van der Waals surface area contributed by atoms with Gasteiger partial charge in [0.1, 0.15) is 29.1 Å². The lowest BCUT2D eigenvalue weighted by atomic mass is 10.1. The Morgan fingerprint density at radius 1 is 0.818 bits per heavy atom. The van der Waals surface area contributed by atoms with Crippen molar-refractivity contribution in [3.05, 3.63) is 45.5 Å². The highest BCUT2D eigenvalue weighted by atomic mass is 127. The van der Waals surface area contributed by atoms with E-state index in [0.717, 1.165) is 77.3 Å². The normalized spacial score (nSPS) is 15.7. The Morgan fingerprint density at radius 2 is 1.36 bits per heavy atom. The highest BCUT2D eigenvalue weighted by molar-refractivity contribution is 14.1. The fourth-order valence-electron chi connectivity index (χ4n) is 3.30. The summed E-state index contributed by atoms with van der Waals surface area (Å²) >= 11 is 2.31. The summed E-state index contributed by atoms with van der Waals surface area (Å²) in [6.07, 6.45) is 6.23. The van der Waals surface area contributed by atoms with E-state index in [0.29, 0.717) is 19.8 Å². The standard InChI is InChI=1S/C27H37IO5/c1-4-7-14-29-21-12-10-20(11-13-21)27(25-19-32-25)33-24-18-22(30-15-8-5-2)17-23(26(24)28)31-16-9-6-3/h10-13,17-18,25,27H,4-9,14-16,19H2,1-3H3/t25-,27+/m1/s1. The van der Waals surface area contributed by atoms with Gasteiger partial charge in [0.05, 0.1) is 30.0 Å². The first kappa shape index (κ1) is 25.9. The summed E-state index contributed by atoms with van der Waals surface area (Å²) in [4.78, 5) is 0. The second kappa shape index (κ2) is 13.9. The molecule has 0 unspecified atom stereocenters. The first-order valence-electron chi connectivity index (χ1n) is 12.3. The van der Waals surface area contributed by atoms with Crippen LogP contribution < -0.4 is 18.9 Å². The summed E-state index contributed by atoms with van der Waals surface area (Å²) in [5, 5.41) is 0. The number of epoxide rings is 1. The average Bonchev–Trinajstić information content (AvgIpc) is 3.66. The molecule has 1 heterocycles. The van der Waals surface area contributed by atoms with E-state index < -0.39 is 0 Å². The highest BCUT2D eigenvalue weighted by Crippen LogP contribution is 2.40. The van der Waals surface area contributed by atoms with Crippen LogP contribution in [0.15, 0.2) is 36.4 Å². The van der Waals surface area contributed by atoms with E-state index in [1.54, 1.807) is 0 Å². The summed E-state index contributed by atoms with van der Waals surface area (Å²) in [7, 11) is 0. The van der Waals surface area contributed by atoms with E-state index >= 15 is 0 Å². The molecular weight excluding hydrogens is 531 g/mol. The van der Waals surface area contributed by atoms with Crippen molar-refractivity contribution in [2.75, 3.05) is 26.4 Å². The van der Waals surface area contributed by atoms with Gasteiger partial charge in [-0.3, -0.25) is 0 Å². The minimum absolute atomic E-state index is 0.0433. The van der Waals surface area contributed by atoms with Crippen LogP contribution in [0.5, 0.6) is 23.0 Å². The molecule has 0 aromatic heterocycles. The van der Waals surface area contributed by atoms with Crippen LogP contribution in [0.25, 0.3) is 0 Å². The third-order valence-electron chi connectivity index (χ3n) is 5.43. The molecule has 0 amide bonds. The van der Waals surface area contributed by atoms with Gasteiger partial charge in [-0.2, -0.15) is 0 Å². The number of halogens is 1. The van der Waals surface area contributed by atoms with Gasteiger partial charge in [0.25, 0.3) is 0 Å². The number of unbranched alkanes of at least 4 members (excludes halogenated alkanes) is 3. The molecule has 2 atom stereocenters. The largest absolute Gasteiger partial charge is 0.494 e. The van der Waals surface area contributed by atoms with Crippen LogP contribution in [0.3, 0.4) is 0 Å². The third kappa shape index (κ3) is 8.25. The van der Waals surface area contributed by atoms with Gasteiger partial charge in [0.15, 0.2) is 6.10 Å². The molecule has 2 aromatic carbocycles. The Morgan fingerprint density at radius 3 is 1.94 bits per heavy atom. The zero-order valence-electron chi connectivity index (χ0n) is 20.1. The van der Waals surface area contributed by atoms with Gasteiger partial charge in [0.2, 0.25) is 0 Å². The van der Waals surface area contributed by atoms with Crippen molar-refractivity contribution >= 4 is 22.6 Å². The average molecular weight is 568 g/mol. The minimum atomic E-state index is -0.197. The van der Waals surface area contributed by atoms with E-state index in [9.17, 15) is 0 Å². The Hall–Kier alpha value is -1.67. The lowest BCUT2D eigenvalue weighted by Crippen LogP contribution is -2.15. The van der Waals surface area contributed by atoms with Crippen molar-refractivity contribution in [3.63, 3.8) is 0 Å². The molecule has 0 spiro atoms. The molecule has 1 saturated heterocycles. The molecule has 6 heteroatoms. The summed E-state index contributed by atoms with van der Waals surface area (Å²) in [6.45, 7) is 9.28. The Kier molecular flexibility index (Phi) is 10.9. The number of hydrogen-bond donors (Lipinski definition) is 0. The van der Waals surface area contributed by atoms with E-state index in [4.69, 9.17) is 23.7 Å². The second-order valence-electron chi connectivity index (χ2n) is 8.32. The summed E-state index contributed by atoms with van der Waals surface area (Å²) in [6, 6.07) is 12.1. The summed E-state index contributed by atoms with van der Waals surface area (Å²) in [5.74, 6) is 3.23. The molecule has 0 saturated carbocycles. The predicted octanol–water partition coefficient (Wildman–Crippen LogP) is 7.35. The quantitative estimate of drug-likeness (QED) is 0.120. The number of benzene rings is 2. The van der Waals surface area contributed by atoms with Crippen LogP contribution in [0, 0.1) is 3.57 Å². The topological polar surface area (TPSA) is 49.5 Å². The molecule has 1 fully saturated rings. The lowest BCUT2D eigenvalue weighted by Gasteiger charge is -2.21. The SMILES string of the molecule is CCCCOc1ccc([C@H](Oc2cc(OCCCC)cc(OCCCC)c2I)[C@H]2CO2)cc1. The Labute approximate surface area is 212 Å². The molecule has 0 N–H and O–H groups in total. The van der Waals surface area contributed by atoms with Gasteiger partial charge in [-0.05, 0) is 59.5 Å². The van der Waals surface area contributed by atoms with Crippen molar-refractivity contribution in [1.82, 2.24) is 0 Å². The second-order valence-corrected chi connectivity index (χ2v) is 9.40. The van der Waals surface area contributed by atoms with Gasteiger partial charge >= 0.3 is 0 Å². The van der Waals surface area contributed by atoms with Gasteiger partial charge < -0.3 is 23.7 Å². The zero-order valence-corrected chi connectivity index (χ0v) is 22.3. The molecule has 5 nitrogen and oxygen atoms in total. The van der Waals surface area contributed by atoms with Gasteiger partial charge in [-0.25, -0.2) is 0 Å². The molecule has 1 aliphatic heterocycles. The van der Waals surface area contributed by atoms with Gasteiger partial charge in [0, 0.05) is 12.1 Å². The molecule has 0 radical (unpaired) electrons. The fourth-order valence-corrected chi connectivity index (χ4v) is 3.89. The molecule has 0 aliphatic carbocycles. The molecular formula is C27H37IO5. The third-order valence-corrected chi connectivity index (χ3v) is 6.49. The molecule has 1 aliphatic rings. The Bertz CT molecular complexity index is 835. The fraction of sp³-hybridized carbons (Fsp3) is 0.556. The van der Waals surface area contributed by atoms with Crippen molar-refractivity contribution in [2.24, 2.45) is 0 Å². The Balaban J connectivity index is 1.78. The summed E-state index contributed by atoms with van der Waals surface area (Å²) < 4.78 is 31.0. The minimum Gasteiger partial charge on any atom is -0.494 e. The van der Waals surface area contributed by atoms with E-state index in [1.807, 2.05) is 24.3 Å². The van der Waals surface area contributed by atoms with Crippen LogP contribution in [-0.2, 0) is 4.74 Å². The molecule has 33 heavy (non-hydrogen) atoms. The van der Waals surface area contributed by atoms with E-state index in [-0.39, 0.29) is 12.2 Å². The van der Waals surface area contributed by atoms with Crippen molar-refractivity contribution < 1.29 is 23.7 Å². The van der Waals surface area contributed by atoms with Crippen LogP contribution >= 0.6 is 22.6 Å². The van der Waals surface area contributed by atoms with Gasteiger partial charge in [-0.1, -0.05) is 52.2 Å². The maximum Gasteiger partial charge on any atom is 0.152 e. The van der Waals surface area contributed by atoms with Crippen LogP contribution in [-0.4, -0.2) is 32.5 Å². The van der Waals surface area contributed by atoms with E-state index in [2.05, 4.69) is 55.5 Å². The first-order chi connectivity index (χ1) is 16.2. The molecule has 2 aromatic rings. The smallest absolute Gasteiger partial charge is 0.152 e. The van der Waals surface area contributed by atoms with Crippen molar-refractivity contribution in [2.45, 2.75) is 71.5 Å². The first-order valence-corrected chi connectivity index (χ1v) is 13.3. The summed E-state index contributed by atoms with van der Waals surface area (Å²) in [5.41, 5.74) is 1.07. The maximum atomic E-state index is 6.55. The van der Waals surface area contributed by atoms with E-state index in [1.165, 1.54) is 0 Å². The number of ether oxygens (including phenoxy) is 5. The lowest BCUT2D eigenvalue weighted by molar-refractivity contribution is 0.158. The van der Waals surface area contributed by atoms with Crippen LogP contribution in [0.1, 0.15) is 71.0 Å². The predicted molar refractivity (Wildman–Crippen MR) is 140 cm³/mol. The monoisotopic (exact) mass is 568 g/mol. The van der Waals surface area contributed by atoms with Crippen molar-refractivity contribution in [3.8, 4) is 23.0 Å². The number of rotatable bonds is 16. The zero-order chi connectivity index (χ0) is 23.5. The van der Waals surface area contributed by atoms with Crippen molar-refractivity contribution in [1.29, 1.82) is 0 Å². The van der Waals surface area contributed by atoms with Crippen LogP contribution in [0.4, 0.5) is 0 Å². The highest BCUT2D eigenvalue weighted by Gasteiger charge is 2.36. The van der Waals surface area contributed by atoms with Gasteiger partial charge in [-0.15, -0.1) is 0 Å². The molecule has 3 rings (SSSR count). The number of hydrogen-bond acceptors (Lipinski definition) is 5. The maximum absolute atomic E-state index is 6.55. The molecule has 182 valence electrons.